The zero-order chi connectivity index (χ0) is 7.11. The molecule has 0 atom stereocenters. The van der Waals surface area contributed by atoms with E-state index < -0.39 is 0 Å². The van der Waals surface area contributed by atoms with Gasteiger partial charge in [0.25, 0.3) is 0 Å². The van der Waals surface area contributed by atoms with Crippen molar-refractivity contribution in [1.82, 2.24) is 0 Å². The number of unbranched alkanes of at least 4 members (excludes halogenated alkanes) is 1. The second-order valence-electron chi connectivity index (χ2n) is 2.16. The highest BCUT2D eigenvalue weighted by Gasteiger charge is 1.88. The number of allylic oxidation sites excluding steroid dienone is 1. The molecule has 0 aromatic carbocycles. The Hall–Kier alpha value is -0.590. The Morgan fingerprint density at radius 1 is 1.67 bits per heavy atom. The molecule has 0 aromatic heterocycles. The molecule has 0 aliphatic rings. The topological polar surface area (TPSA) is 17.1 Å². The molecule has 1 heteroatoms. The van der Waals surface area contributed by atoms with Gasteiger partial charge in [-0.25, -0.2) is 0 Å². The van der Waals surface area contributed by atoms with E-state index in [1.54, 1.807) is 0 Å². The monoisotopic (exact) mass is 126 g/mol. The summed E-state index contributed by atoms with van der Waals surface area (Å²) in [5.41, 5.74) is 1.25. The van der Waals surface area contributed by atoms with Gasteiger partial charge in [0, 0.05) is 6.42 Å². The van der Waals surface area contributed by atoms with Crippen LogP contribution < -0.4 is 0 Å². The average Bonchev–Trinajstić information content (AvgIpc) is 1.89. The van der Waals surface area contributed by atoms with Crippen LogP contribution in [-0.2, 0) is 4.79 Å². The lowest BCUT2D eigenvalue weighted by Crippen LogP contribution is -1.80. The van der Waals surface area contributed by atoms with Crippen LogP contribution in [0.2, 0.25) is 0 Å². The summed E-state index contributed by atoms with van der Waals surface area (Å²) >= 11 is 0. The first-order chi connectivity index (χ1) is 4.31. The van der Waals surface area contributed by atoms with E-state index in [0.29, 0.717) is 6.42 Å². The minimum atomic E-state index is 0.680. The molecule has 52 valence electrons. The molecule has 0 spiro atoms. The molecule has 0 unspecified atom stereocenters. The first kappa shape index (κ1) is 8.41. The van der Waals surface area contributed by atoms with Gasteiger partial charge in [0.2, 0.25) is 0 Å². The van der Waals surface area contributed by atoms with Crippen molar-refractivity contribution >= 4 is 6.29 Å². The van der Waals surface area contributed by atoms with Crippen LogP contribution in [0.3, 0.4) is 0 Å². The van der Waals surface area contributed by atoms with Crippen LogP contribution in [0.1, 0.15) is 32.6 Å². The van der Waals surface area contributed by atoms with Crippen molar-refractivity contribution < 1.29 is 4.79 Å². The summed E-state index contributed by atoms with van der Waals surface area (Å²) in [5, 5.41) is 0. The molecule has 0 radical (unpaired) electrons. The Morgan fingerprint density at radius 3 is 2.78 bits per heavy atom. The zero-order valence-corrected chi connectivity index (χ0v) is 6.02. The summed E-state index contributed by atoms with van der Waals surface area (Å²) in [6.45, 7) is 5.92. The molecule has 0 aliphatic heterocycles. The highest BCUT2D eigenvalue weighted by atomic mass is 16.1. The molecule has 0 saturated heterocycles. The lowest BCUT2D eigenvalue weighted by Gasteiger charge is -1.96. The molecule has 0 fully saturated rings. The van der Waals surface area contributed by atoms with E-state index in [9.17, 15) is 4.79 Å². The third kappa shape index (κ3) is 5.28. The van der Waals surface area contributed by atoms with Gasteiger partial charge in [-0.3, -0.25) is 0 Å². The Labute approximate surface area is 56.8 Å². The van der Waals surface area contributed by atoms with E-state index in [0.717, 1.165) is 25.5 Å². The van der Waals surface area contributed by atoms with E-state index >= 15 is 0 Å². The number of carbonyl (C=O) groups excluding carboxylic acids is 1. The number of rotatable bonds is 5. The minimum Gasteiger partial charge on any atom is -0.303 e. The third-order valence-corrected chi connectivity index (χ3v) is 1.35. The molecule has 1 nitrogen and oxygen atoms in total. The third-order valence-electron chi connectivity index (χ3n) is 1.35. The van der Waals surface area contributed by atoms with E-state index in [1.165, 1.54) is 5.57 Å². The highest BCUT2D eigenvalue weighted by Crippen LogP contribution is 2.06. The molecule has 0 heterocycles. The maximum absolute atomic E-state index is 9.85. The lowest BCUT2D eigenvalue weighted by molar-refractivity contribution is -0.107. The standard InChI is InChI=1S/C8H14O/c1-3-8(2)6-4-5-7-9/h7H,2-6H2,1H3. The molecule has 0 aliphatic carbocycles. The quantitative estimate of drug-likeness (QED) is 0.314. The van der Waals surface area contributed by atoms with Crippen molar-refractivity contribution in [2.45, 2.75) is 32.6 Å². The van der Waals surface area contributed by atoms with Gasteiger partial charge in [0.1, 0.15) is 6.29 Å². The number of aldehydes is 1. The van der Waals surface area contributed by atoms with Gasteiger partial charge in [0.15, 0.2) is 0 Å². The van der Waals surface area contributed by atoms with Crippen molar-refractivity contribution in [3.05, 3.63) is 12.2 Å². The molecule has 0 rings (SSSR count). The number of hydrogen-bond donors (Lipinski definition) is 0. The van der Waals surface area contributed by atoms with Crippen LogP contribution >= 0.6 is 0 Å². The lowest BCUT2D eigenvalue weighted by atomic mass is 10.1. The fourth-order valence-corrected chi connectivity index (χ4v) is 0.612. The van der Waals surface area contributed by atoms with Gasteiger partial charge in [-0.05, 0) is 19.3 Å². The maximum Gasteiger partial charge on any atom is 0.120 e. The van der Waals surface area contributed by atoms with E-state index in [2.05, 4.69) is 13.5 Å². The summed E-state index contributed by atoms with van der Waals surface area (Å²) in [6, 6.07) is 0. The Bertz CT molecular complexity index is 94.7. The Morgan fingerprint density at radius 2 is 2.33 bits per heavy atom. The van der Waals surface area contributed by atoms with Crippen LogP contribution in [0.15, 0.2) is 12.2 Å². The summed E-state index contributed by atoms with van der Waals surface area (Å²) in [5.74, 6) is 0. The van der Waals surface area contributed by atoms with Crippen molar-refractivity contribution in [2.24, 2.45) is 0 Å². The van der Waals surface area contributed by atoms with Crippen molar-refractivity contribution in [1.29, 1.82) is 0 Å². The van der Waals surface area contributed by atoms with Gasteiger partial charge in [0.05, 0.1) is 0 Å². The second-order valence-corrected chi connectivity index (χ2v) is 2.16. The van der Waals surface area contributed by atoms with Gasteiger partial charge in [-0.2, -0.15) is 0 Å². The Kier molecular flexibility index (Phi) is 5.18. The molecular weight excluding hydrogens is 112 g/mol. The molecule has 0 bridgehead atoms. The van der Waals surface area contributed by atoms with Gasteiger partial charge < -0.3 is 4.79 Å². The summed E-state index contributed by atoms with van der Waals surface area (Å²) in [4.78, 5) is 9.85. The molecule has 0 aromatic rings. The van der Waals surface area contributed by atoms with Crippen molar-refractivity contribution in [2.75, 3.05) is 0 Å². The SMILES string of the molecule is C=C(CC)CCCC=O. The van der Waals surface area contributed by atoms with Gasteiger partial charge in [-0.15, -0.1) is 0 Å². The average molecular weight is 126 g/mol. The predicted molar refractivity (Wildman–Crippen MR) is 39.3 cm³/mol. The fourth-order valence-electron chi connectivity index (χ4n) is 0.612. The van der Waals surface area contributed by atoms with E-state index in [1.807, 2.05) is 0 Å². The van der Waals surface area contributed by atoms with E-state index in [4.69, 9.17) is 0 Å². The van der Waals surface area contributed by atoms with Crippen molar-refractivity contribution in [3.8, 4) is 0 Å². The van der Waals surface area contributed by atoms with Crippen LogP contribution in [0, 0.1) is 0 Å². The largest absolute Gasteiger partial charge is 0.303 e. The zero-order valence-electron chi connectivity index (χ0n) is 6.02. The molecular formula is C8H14O. The first-order valence-corrected chi connectivity index (χ1v) is 3.41. The van der Waals surface area contributed by atoms with Crippen LogP contribution in [-0.4, -0.2) is 6.29 Å². The number of carbonyl (C=O) groups is 1. The maximum atomic E-state index is 9.85. The molecule has 9 heavy (non-hydrogen) atoms. The Balaban J connectivity index is 3.06. The highest BCUT2D eigenvalue weighted by molar-refractivity contribution is 5.49. The van der Waals surface area contributed by atoms with Gasteiger partial charge in [-0.1, -0.05) is 19.1 Å². The summed E-state index contributed by atoms with van der Waals surface area (Å²) in [6.07, 6.45) is 4.66. The van der Waals surface area contributed by atoms with Crippen LogP contribution in [0.25, 0.3) is 0 Å². The predicted octanol–water partition coefficient (Wildman–Crippen LogP) is 2.32. The van der Waals surface area contributed by atoms with Gasteiger partial charge >= 0.3 is 0 Å². The molecule has 0 amide bonds. The second kappa shape index (κ2) is 5.54. The minimum absolute atomic E-state index is 0.680. The van der Waals surface area contributed by atoms with E-state index in [-0.39, 0.29) is 0 Å². The summed E-state index contributed by atoms with van der Waals surface area (Å²) < 4.78 is 0. The molecule has 0 saturated carbocycles. The normalized spacial score (nSPS) is 9.00. The van der Waals surface area contributed by atoms with Crippen LogP contribution in [0.4, 0.5) is 0 Å². The number of hydrogen-bond acceptors (Lipinski definition) is 1. The van der Waals surface area contributed by atoms with Crippen molar-refractivity contribution in [3.63, 3.8) is 0 Å². The van der Waals surface area contributed by atoms with Crippen LogP contribution in [0.5, 0.6) is 0 Å². The molecule has 0 N–H and O–H groups in total. The summed E-state index contributed by atoms with van der Waals surface area (Å²) in [7, 11) is 0. The first-order valence-electron chi connectivity index (χ1n) is 3.41. The smallest absolute Gasteiger partial charge is 0.120 e. The fraction of sp³-hybridized carbons (Fsp3) is 0.625.